The van der Waals surface area contributed by atoms with E-state index in [1.165, 1.54) is 0 Å². The smallest absolute Gasteiger partial charge is 0.328 e. The van der Waals surface area contributed by atoms with E-state index in [1.807, 2.05) is 35.9 Å². The minimum Gasteiger partial charge on any atom is -0.478 e. The van der Waals surface area contributed by atoms with Crippen LogP contribution in [0.5, 0.6) is 0 Å². The molecule has 0 aliphatic carbocycles. The van der Waals surface area contributed by atoms with Crippen molar-refractivity contribution in [2.45, 2.75) is 0 Å². The molecule has 1 N–H and O–H groups in total. The second kappa shape index (κ2) is 4.02. The molecule has 0 aliphatic heterocycles. The van der Waals surface area contributed by atoms with Crippen molar-refractivity contribution < 1.29 is 9.90 Å². The van der Waals surface area contributed by atoms with Crippen molar-refractivity contribution in [1.82, 2.24) is 4.57 Å². The lowest BCUT2D eigenvalue weighted by atomic mass is 10.2. The van der Waals surface area contributed by atoms with Crippen molar-refractivity contribution in [2.24, 2.45) is 7.05 Å². The Labute approximate surface area is 97.6 Å². The molecule has 16 heavy (non-hydrogen) atoms. The van der Waals surface area contributed by atoms with E-state index in [4.69, 9.17) is 16.7 Å². The van der Waals surface area contributed by atoms with Gasteiger partial charge in [-0.3, -0.25) is 0 Å². The fourth-order valence-corrected chi connectivity index (χ4v) is 1.81. The number of carbonyl (C=O) groups is 1. The Hall–Kier alpha value is -1.74. The lowest BCUT2D eigenvalue weighted by Crippen LogP contribution is -1.91. The Bertz CT molecular complexity index is 584. The van der Waals surface area contributed by atoms with Gasteiger partial charge in [0, 0.05) is 34.7 Å². The number of rotatable bonds is 2. The van der Waals surface area contributed by atoms with E-state index >= 15 is 0 Å². The maximum absolute atomic E-state index is 10.4. The molecular formula is C12H10ClNO2. The number of carboxylic acid groups (broad SMARTS) is 1. The van der Waals surface area contributed by atoms with E-state index in [0.29, 0.717) is 5.02 Å². The summed E-state index contributed by atoms with van der Waals surface area (Å²) in [5.41, 5.74) is 1.82. The molecule has 82 valence electrons. The highest BCUT2D eigenvalue weighted by molar-refractivity contribution is 6.31. The fourth-order valence-electron chi connectivity index (χ4n) is 1.64. The van der Waals surface area contributed by atoms with Crippen molar-refractivity contribution in [1.29, 1.82) is 0 Å². The first-order valence-electron chi connectivity index (χ1n) is 4.74. The van der Waals surface area contributed by atoms with E-state index < -0.39 is 5.97 Å². The van der Waals surface area contributed by atoms with Gasteiger partial charge in [0.2, 0.25) is 0 Å². The van der Waals surface area contributed by atoms with Gasteiger partial charge in [-0.05, 0) is 24.3 Å². The Morgan fingerprint density at radius 2 is 2.19 bits per heavy atom. The molecule has 4 heteroatoms. The van der Waals surface area contributed by atoms with Crippen LogP contribution in [0, 0.1) is 0 Å². The Morgan fingerprint density at radius 3 is 2.88 bits per heavy atom. The number of benzene rings is 1. The molecule has 1 heterocycles. The van der Waals surface area contributed by atoms with Crippen LogP contribution >= 0.6 is 11.6 Å². The molecular weight excluding hydrogens is 226 g/mol. The summed E-state index contributed by atoms with van der Waals surface area (Å²) in [6.07, 6.45) is 2.69. The number of carboxylic acids is 1. The lowest BCUT2D eigenvalue weighted by molar-refractivity contribution is -0.131. The predicted octanol–water partition coefficient (Wildman–Crippen LogP) is 2.93. The number of hydrogen-bond acceptors (Lipinski definition) is 1. The first kappa shape index (κ1) is 10.8. The van der Waals surface area contributed by atoms with Crippen molar-refractivity contribution in [2.75, 3.05) is 0 Å². The highest BCUT2D eigenvalue weighted by atomic mass is 35.5. The second-order valence-corrected chi connectivity index (χ2v) is 3.94. The number of halogens is 1. The predicted molar refractivity (Wildman–Crippen MR) is 64.6 cm³/mol. The van der Waals surface area contributed by atoms with Gasteiger partial charge >= 0.3 is 5.97 Å². The largest absolute Gasteiger partial charge is 0.478 e. The molecule has 0 unspecified atom stereocenters. The topological polar surface area (TPSA) is 42.2 Å². The van der Waals surface area contributed by atoms with Crippen LogP contribution in [0.25, 0.3) is 17.0 Å². The summed E-state index contributed by atoms with van der Waals surface area (Å²) in [4.78, 5) is 10.4. The van der Waals surface area contributed by atoms with Crippen LogP contribution in [0.15, 0.2) is 30.3 Å². The van der Waals surface area contributed by atoms with Crippen LogP contribution in [0.3, 0.4) is 0 Å². The van der Waals surface area contributed by atoms with Crippen molar-refractivity contribution in [3.63, 3.8) is 0 Å². The molecule has 0 atom stereocenters. The standard InChI is InChI=1S/C12H10ClNO2/c1-14-10(4-5-12(15)16)6-8-2-3-9(13)7-11(8)14/h2-7H,1H3,(H,15,16)/b5-4+. The van der Waals surface area contributed by atoms with Crippen molar-refractivity contribution in [3.8, 4) is 0 Å². The average Bonchev–Trinajstić information content (AvgIpc) is 2.53. The Morgan fingerprint density at radius 1 is 1.44 bits per heavy atom. The summed E-state index contributed by atoms with van der Waals surface area (Å²) in [6, 6.07) is 7.50. The first-order valence-corrected chi connectivity index (χ1v) is 5.12. The summed E-state index contributed by atoms with van der Waals surface area (Å²) < 4.78 is 1.90. The zero-order valence-electron chi connectivity index (χ0n) is 8.64. The van der Waals surface area contributed by atoms with Crippen LogP contribution in [0.4, 0.5) is 0 Å². The Balaban J connectivity index is 2.56. The number of hydrogen-bond donors (Lipinski definition) is 1. The minimum atomic E-state index is -0.955. The number of nitrogens with zero attached hydrogens (tertiary/aromatic N) is 1. The SMILES string of the molecule is Cn1c(/C=C/C(=O)O)cc2ccc(Cl)cc21. The highest BCUT2D eigenvalue weighted by Crippen LogP contribution is 2.23. The summed E-state index contributed by atoms with van der Waals surface area (Å²) in [6.45, 7) is 0. The Kier molecular flexibility index (Phi) is 2.71. The van der Waals surface area contributed by atoms with Gasteiger partial charge in [-0.2, -0.15) is 0 Å². The molecule has 2 rings (SSSR count). The molecule has 0 aliphatic rings. The monoisotopic (exact) mass is 235 g/mol. The van der Waals surface area contributed by atoms with E-state index in [9.17, 15) is 4.79 Å². The molecule has 0 fully saturated rings. The fraction of sp³-hybridized carbons (Fsp3) is 0.0833. The van der Waals surface area contributed by atoms with Gasteiger partial charge in [-0.1, -0.05) is 17.7 Å². The maximum Gasteiger partial charge on any atom is 0.328 e. The van der Waals surface area contributed by atoms with Gasteiger partial charge in [0.25, 0.3) is 0 Å². The van der Waals surface area contributed by atoms with Crippen LogP contribution in [-0.2, 0) is 11.8 Å². The summed E-state index contributed by atoms with van der Waals surface area (Å²) in [7, 11) is 1.88. The van der Waals surface area contributed by atoms with Gasteiger partial charge < -0.3 is 9.67 Å². The number of aromatic nitrogens is 1. The molecule has 0 radical (unpaired) electrons. The van der Waals surface area contributed by atoms with Crippen molar-refractivity contribution in [3.05, 3.63) is 41.1 Å². The lowest BCUT2D eigenvalue weighted by Gasteiger charge is -1.99. The molecule has 2 aromatic rings. The zero-order chi connectivity index (χ0) is 11.7. The molecule has 3 nitrogen and oxygen atoms in total. The minimum absolute atomic E-state index is 0.669. The van der Waals surface area contributed by atoms with Crippen LogP contribution in [-0.4, -0.2) is 15.6 Å². The van der Waals surface area contributed by atoms with E-state index in [0.717, 1.165) is 22.7 Å². The maximum atomic E-state index is 10.4. The molecule has 0 bridgehead atoms. The van der Waals surface area contributed by atoms with E-state index in [1.54, 1.807) is 6.08 Å². The van der Waals surface area contributed by atoms with E-state index in [2.05, 4.69) is 0 Å². The van der Waals surface area contributed by atoms with Gasteiger partial charge in [-0.25, -0.2) is 4.79 Å². The second-order valence-electron chi connectivity index (χ2n) is 3.50. The third-order valence-corrected chi connectivity index (χ3v) is 2.68. The summed E-state index contributed by atoms with van der Waals surface area (Å²) in [5, 5.41) is 10.3. The quantitative estimate of drug-likeness (QED) is 0.814. The zero-order valence-corrected chi connectivity index (χ0v) is 9.40. The highest BCUT2D eigenvalue weighted by Gasteiger charge is 2.03. The average molecular weight is 236 g/mol. The third kappa shape index (κ3) is 1.95. The molecule has 0 saturated heterocycles. The third-order valence-electron chi connectivity index (χ3n) is 2.44. The van der Waals surface area contributed by atoms with Gasteiger partial charge in [0.05, 0.1) is 0 Å². The molecule has 0 saturated carbocycles. The van der Waals surface area contributed by atoms with Gasteiger partial charge in [0.15, 0.2) is 0 Å². The van der Waals surface area contributed by atoms with Crippen molar-refractivity contribution >= 4 is 34.5 Å². The normalized spacial score (nSPS) is 11.4. The first-order chi connectivity index (χ1) is 7.58. The molecule has 1 aromatic carbocycles. The van der Waals surface area contributed by atoms with Crippen LogP contribution in [0.1, 0.15) is 5.69 Å². The van der Waals surface area contributed by atoms with Gasteiger partial charge in [-0.15, -0.1) is 0 Å². The van der Waals surface area contributed by atoms with E-state index in [-0.39, 0.29) is 0 Å². The number of aliphatic carboxylic acids is 1. The molecule has 0 amide bonds. The number of aryl methyl sites for hydroxylation is 1. The number of fused-ring (bicyclic) bond motifs is 1. The van der Waals surface area contributed by atoms with Crippen LogP contribution in [0.2, 0.25) is 5.02 Å². The summed E-state index contributed by atoms with van der Waals surface area (Å²) >= 11 is 5.90. The molecule has 0 spiro atoms. The molecule has 1 aromatic heterocycles. The summed E-state index contributed by atoms with van der Waals surface area (Å²) in [5.74, 6) is -0.955. The van der Waals surface area contributed by atoms with Gasteiger partial charge in [0.1, 0.15) is 0 Å². The van der Waals surface area contributed by atoms with Crippen LogP contribution < -0.4 is 0 Å².